The van der Waals surface area contributed by atoms with E-state index in [4.69, 9.17) is 5.11 Å². The molecular weight excluding hydrogens is 280 g/mol. The minimum Gasteiger partial charge on any atom is -0.481 e. The first-order valence-corrected chi connectivity index (χ1v) is 8.34. The molecular formula is C13H26N2O4S. The third-order valence-electron chi connectivity index (χ3n) is 3.04. The predicted octanol–water partition coefficient (Wildman–Crippen LogP) is 1.34. The molecule has 0 aromatic heterocycles. The first-order chi connectivity index (χ1) is 9.26. The Morgan fingerprint density at radius 3 is 2.30 bits per heavy atom. The summed E-state index contributed by atoms with van der Waals surface area (Å²) in [5.41, 5.74) is -0.116. The molecule has 6 nitrogen and oxygen atoms in total. The zero-order chi connectivity index (χ0) is 15.6. The molecule has 1 atom stereocenters. The lowest BCUT2D eigenvalue weighted by Crippen LogP contribution is -2.39. The summed E-state index contributed by atoms with van der Waals surface area (Å²) in [6.07, 6.45) is 1.44. The van der Waals surface area contributed by atoms with Gasteiger partial charge >= 0.3 is 12.0 Å². The molecule has 0 fully saturated rings. The lowest BCUT2D eigenvalue weighted by molar-refractivity contribution is -0.137. The summed E-state index contributed by atoms with van der Waals surface area (Å²) in [6.45, 7) is 6.71. The van der Waals surface area contributed by atoms with Crippen molar-refractivity contribution >= 4 is 22.8 Å². The second-order valence-electron chi connectivity index (χ2n) is 5.42. The Morgan fingerprint density at radius 2 is 1.75 bits per heavy atom. The van der Waals surface area contributed by atoms with E-state index in [9.17, 15) is 13.8 Å². The lowest BCUT2D eigenvalue weighted by atomic mass is 9.84. The normalized spacial score (nSPS) is 12.8. The molecule has 0 radical (unpaired) electrons. The number of hydrogen-bond donors (Lipinski definition) is 3. The molecule has 0 heterocycles. The van der Waals surface area contributed by atoms with E-state index >= 15 is 0 Å². The Balaban J connectivity index is 3.74. The van der Waals surface area contributed by atoms with Crippen molar-refractivity contribution in [2.75, 3.05) is 24.6 Å². The van der Waals surface area contributed by atoms with Gasteiger partial charge in [-0.25, -0.2) is 4.79 Å². The molecule has 2 amide bonds. The standard InChI is InChI=1S/C13H26N2O4S/c1-4-20(19)10-9-15-12(18)14-8-7-13(2,3)6-5-11(16)17/h4-10H2,1-3H3,(H,16,17)(H2,14,15,18). The van der Waals surface area contributed by atoms with Gasteiger partial charge in [-0.2, -0.15) is 0 Å². The first-order valence-electron chi connectivity index (χ1n) is 6.85. The van der Waals surface area contributed by atoms with Crippen molar-refractivity contribution in [1.29, 1.82) is 0 Å². The maximum atomic E-state index is 11.4. The van der Waals surface area contributed by atoms with Gasteiger partial charge in [-0.15, -0.1) is 0 Å². The second-order valence-corrected chi connectivity index (χ2v) is 7.29. The maximum absolute atomic E-state index is 11.4. The van der Waals surface area contributed by atoms with Gasteiger partial charge < -0.3 is 15.7 Å². The van der Waals surface area contributed by atoms with Crippen molar-refractivity contribution in [2.24, 2.45) is 5.41 Å². The fourth-order valence-electron chi connectivity index (χ4n) is 1.57. The van der Waals surface area contributed by atoms with Crippen LogP contribution < -0.4 is 10.6 Å². The van der Waals surface area contributed by atoms with Gasteiger partial charge in [0.2, 0.25) is 0 Å². The van der Waals surface area contributed by atoms with E-state index in [-0.39, 0.29) is 17.9 Å². The fourth-order valence-corrected chi connectivity index (χ4v) is 2.19. The monoisotopic (exact) mass is 306 g/mol. The topological polar surface area (TPSA) is 95.5 Å². The molecule has 0 saturated carbocycles. The summed E-state index contributed by atoms with van der Waals surface area (Å²) in [4.78, 5) is 22.0. The highest BCUT2D eigenvalue weighted by molar-refractivity contribution is 7.84. The number of carboxylic acid groups (broad SMARTS) is 1. The summed E-state index contributed by atoms with van der Waals surface area (Å²) in [7, 11) is -0.869. The smallest absolute Gasteiger partial charge is 0.314 e. The van der Waals surface area contributed by atoms with E-state index in [1.54, 1.807) is 0 Å². The van der Waals surface area contributed by atoms with Gasteiger partial charge in [0.25, 0.3) is 0 Å². The van der Waals surface area contributed by atoms with Crippen molar-refractivity contribution in [3.05, 3.63) is 0 Å². The van der Waals surface area contributed by atoms with Crippen molar-refractivity contribution in [1.82, 2.24) is 10.6 Å². The number of nitrogens with one attached hydrogen (secondary N) is 2. The van der Waals surface area contributed by atoms with E-state index in [0.717, 1.165) is 0 Å². The molecule has 118 valence electrons. The third kappa shape index (κ3) is 10.8. The molecule has 0 aromatic rings. The Labute approximate surface area is 123 Å². The molecule has 0 spiro atoms. The molecule has 0 aliphatic heterocycles. The minimum atomic E-state index is -0.869. The van der Waals surface area contributed by atoms with Crippen LogP contribution in [-0.2, 0) is 15.6 Å². The molecule has 20 heavy (non-hydrogen) atoms. The van der Waals surface area contributed by atoms with Crippen LogP contribution in [0.25, 0.3) is 0 Å². The van der Waals surface area contributed by atoms with Crippen LogP contribution in [0.15, 0.2) is 0 Å². The van der Waals surface area contributed by atoms with Crippen LogP contribution >= 0.6 is 0 Å². The number of amides is 2. The van der Waals surface area contributed by atoms with E-state index in [2.05, 4.69) is 10.6 Å². The molecule has 0 rings (SSSR count). The summed E-state index contributed by atoms with van der Waals surface area (Å²) >= 11 is 0. The second kappa shape index (κ2) is 9.74. The van der Waals surface area contributed by atoms with E-state index < -0.39 is 16.8 Å². The van der Waals surface area contributed by atoms with Crippen LogP contribution in [-0.4, -0.2) is 45.9 Å². The van der Waals surface area contributed by atoms with Gasteiger partial charge in [0.15, 0.2) is 0 Å². The average Bonchev–Trinajstić information content (AvgIpc) is 2.36. The Kier molecular flexibility index (Phi) is 9.20. The third-order valence-corrected chi connectivity index (χ3v) is 4.34. The summed E-state index contributed by atoms with van der Waals surface area (Å²) in [5.74, 6) is 0.266. The maximum Gasteiger partial charge on any atom is 0.314 e. The van der Waals surface area contributed by atoms with E-state index in [0.29, 0.717) is 37.4 Å². The van der Waals surface area contributed by atoms with Gasteiger partial charge in [-0.3, -0.25) is 9.00 Å². The van der Waals surface area contributed by atoms with Crippen LogP contribution in [0.1, 0.15) is 40.0 Å². The van der Waals surface area contributed by atoms with Crippen LogP contribution in [0.3, 0.4) is 0 Å². The highest BCUT2D eigenvalue weighted by Gasteiger charge is 2.19. The molecule has 0 bridgehead atoms. The molecule has 3 N–H and O–H groups in total. The van der Waals surface area contributed by atoms with Gasteiger partial charge in [0.1, 0.15) is 0 Å². The highest BCUT2D eigenvalue weighted by atomic mass is 32.2. The number of carbonyl (C=O) groups excluding carboxylic acids is 1. The largest absolute Gasteiger partial charge is 0.481 e. The van der Waals surface area contributed by atoms with Crippen LogP contribution in [0.5, 0.6) is 0 Å². The fraction of sp³-hybridized carbons (Fsp3) is 0.846. The molecule has 0 aromatic carbocycles. The number of aliphatic carboxylic acids is 1. The molecule has 0 aliphatic rings. The number of rotatable bonds is 10. The minimum absolute atomic E-state index is 0.116. The quantitative estimate of drug-likeness (QED) is 0.567. The number of carbonyl (C=O) groups is 2. The van der Waals surface area contributed by atoms with Crippen LogP contribution in [0, 0.1) is 5.41 Å². The first kappa shape index (κ1) is 18.9. The molecule has 0 saturated heterocycles. The van der Waals surface area contributed by atoms with Gasteiger partial charge in [0.05, 0.1) is 0 Å². The van der Waals surface area contributed by atoms with Crippen molar-refractivity contribution in [3.8, 4) is 0 Å². The summed E-state index contributed by atoms with van der Waals surface area (Å²) in [6, 6.07) is -0.271. The zero-order valence-corrected chi connectivity index (χ0v) is 13.3. The Hall–Kier alpha value is -1.11. The van der Waals surface area contributed by atoms with Gasteiger partial charge in [-0.1, -0.05) is 20.8 Å². The van der Waals surface area contributed by atoms with Crippen molar-refractivity contribution in [2.45, 2.75) is 40.0 Å². The molecule has 1 unspecified atom stereocenters. The van der Waals surface area contributed by atoms with E-state index in [1.807, 2.05) is 20.8 Å². The summed E-state index contributed by atoms with van der Waals surface area (Å²) in [5, 5.41) is 14.0. The van der Waals surface area contributed by atoms with Crippen molar-refractivity contribution < 1.29 is 18.9 Å². The average molecular weight is 306 g/mol. The van der Waals surface area contributed by atoms with Crippen molar-refractivity contribution in [3.63, 3.8) is 0 Å². The van der Waals surface area contributed by atoms with Gasteiger partial charge in [-0.05, 0) is 18.3 Å². The van der Waals surface area contributed by atoms with Gasteiger partial charge in [0, 0.05) is 41.8 Å². The Morgan fingerprint density at radius 1 is 1.15 bits per heavy atom. The molecule has 0 aliphatic carbocycles. The van der Waals surface area contributed by atoms with Crippen LogP contribution in [0.2, 0.25) is 0 Å². The Bertz CT molecular complexity index is 345. The number of urea groups is 1. The predicted molar refractivity (Wildman–Crippen MR) is 80.2 cm³/mol. The number of hydrogen-bond acceptors (Lipinski definition) is 3. The highest BCUT2D eigenvalue weighted by Crippen LogP contribution is 2.25. The zero-order valence-electron chi connectivity index (χ0n) is 12.5. The number of carboxylic acids is 1. The molecule has 7 heteroatoms. The summed E-state index contributed by atoms with van der Waals surface area (Å²) < 4.78 is 11.2. The lowest BCUT2D eigenvalue weighted by Gasteiger charge is -2.23. The van der Waals surface area contributed by atoms with E-state index in [1.165, 1.54) is 0 Å². The van der Waals surface area contributed by atoms with Crippen LogP contribution in [0.4, 0.5) is 4.79 Å². The SMILES string of the molecule is CCS(=O)CCNC(=O)NCCC(C)(C)CCC(=O)O.